The van der Waals surface area contributed by atoms with Gasteiger partial charge in [0.25, 0.3) is 0 Å². The fourth-order valence-corrected chi connectivity index (χ4v) is 2.12. The van der Waals surface area contributed by atoms with E-state index in [2.05, 4.69) is 34.5 Å². The average molecular weight is 249 g/mol. The van der Waals surface area contributed by atoms with E-state index in [1.165, 1.54) is 17.7 Å². The highest BCUT2D eigenvalue weighted by molar-refractivity contribution is 5.44. The summed E-state index contributed by atoms with van der Waals surface area (Å²) in [6.07, 6.45) is 1.17. The first kappa shape index (κ1) is 13.3. The SMILES string of the molecule is NCc1ccc(NCCCN2CCOCC2)cc1. The van der Waals surface area contributed by atoms with Gasteiger partial charge in [-0.25, -0.2) is 0 Å². The van der Waals surface area contributed by atoms with Crippen LogP contribution in [0.2, 0.25) is 0 Å². The molecule has 100 valence electrons. The molecular weight excluding hydrogens is 226 g/mol. The maximum absolute atomic E-state index is 5.57. The Labute approximate surface area is 109 Å². The molecule has 1 aromatic rings. The zero-order valence-corrected chi connectivity index (χ0v) is 10.9. The van der Waals surface area contributed by atoms with E-state index in [4.69, 9.17) is 10.5 Å². The molecule has 4 nitrogen and oxygen atoms in total. The standard InChI is InChI=1S/C14H23N3O/c15-12-13-2-4-14(5-3-13)16-6-1-7-17-8-10-18-11-9-17/h2-5,16H,1,6-12,15H2. The largest absolute Gasteiger partial charge is 0.385 e. The van der Waals surface area contributed by atoms with Crippen LogP contribution in [0.5, 0.6) is 0 Å². The third-order valence-electron chi connectivity index (χ3n) is 3.27. The molecule has 1 saturated heterocycles. The predicted molar refractivity (Wildman–Crippen MR) is 74.7 cm³/mol. The molecule has 1 aliphatic heterocycles. The molecule has 18 heavy (non-hydrogen) atoms. The molecule has 2 rings (SSSR count). The van der Waals surface area contributed by atoms with Crippen LogP contribution in [0.1, 0.15) is 12.0 Å². The second-order valence-electron chi connectivity index (χ2n) is 4.64. The Bertz CT molecular complexity index is 333. The molecule has 1 aliphatic rings. The monoisotopic (exact) mass is 249 g/mol. The van der Waals surface area contributed by atoms with Crippen molar-refractivity contribution in [3.05, 3.63) is 29.8 Å². The van der Waals surface area contributed by atoms with Crippen LogP contribution in [0.25, 0.3) is 0 Å². The van der Waals surface area contributed by atoms with E-state index >= 15 is 0 Å². The highest BCUT2D eigenvalue weighted by Crippen LogP contribution is 2.09. The zero-order chi connectivity index (χ0) is 12.6. The molecule has 0 bridgehead atoms. The normalized spacial score (nSPS) is 16.7. The lowest BCUT2D eigenvalue weighted by molar-refractivity contribution is 0.0378. The molecule has 3 N–H and O–H groups in total. The quantitative estimate of drug-likeness (QED) is 0.746. The smallest absolute Gasteiger partial charge is 0.0594 e. The molecule has 0 radical (unpaired) electrons. The number of anilines is 1. The van der Waals surface area contributed by atoms with Crippen LogP contribution in [0.15, 0.2) is 24.3 Å². The summed E-state index contributed by atoms with van der Waals surface area (Å²) < 4.78 is 5.33. The first-order valence-corrected chi connectivity index (χ1v) is 6.71. The van der Waals surface area contributed by atoms with Crippen molar-refractivity contribution >= 4 is 5.69 Å². The van der Waals surface area contributed by atoms with E-state index in [9.17, 15) is 0 Å². The van der Waals surface area contributed by atoms with Crippen LogP contribution in [0.3, 0.4) is 0 Å². The van der Waals surface area contributed by atoms with E-state index in [1.807, 2.05) is 0 Å². The van der Waals surface area contributed by atoms with Gasteiger partial charge in [0.15, 0.2) is 0 Å². The maximum Gasteiger partial charge on any atom is 0.0594 e. The number of nitrogens with zero attached hydrogens (tertiary/aromatic N) is 1. The molecule has 0 unspecified atom stereocenters. The summed E-state index contributed by atoms with van der Waals surface area (Å²) in [5, 5.41) is 3.44. The van der Waals surface area contributed by atoms with Gasteiger partial charge in [-0.2, -0.15) is 0 Å². The fourth-order valence-electron chi connectivity index (χ4n) is 2.12. The average Bonchev–Trinajstić information content (AvgIpc) is 2.45. The Hall–Kier alpha value is -1.10. The highest BCUT2D eigenvalue weighted by Gasteiger charge is 2.08. The van der Waals surface area contributed by atoms with Gasteiger partial charge in [0, 0.05) is 31.9 Å². The van der Waals surface area contributed by atoms with Gasteiger partial charge < -0.3 is 15.8 Å². The number of nitrogens with two attached hydrogens (primary N) is 1. The van der Waals surface area contributed by atoms with Crippen LogP contribution < -0.4 is 11.1 Å². The fraction of sp³-hybridized carbons (Fsp3) is 0.571. The second kappa shape index (κ2) is 7.36. The van der Waals surface area contributed by atoms with Crippen molar-refractivity contribution in [2.75, 3.05) is 44.7 Å². The van der Waals surface area contributed by atoms with Crippen LogP contribution >= 0.6 is 0 Å². The molecule has 0 saturated carbocycles. The summed E-state index contributed by atoms with van der Waals surface area (Å²) in [6.45, 7) is 6.69. The lowest BCUT2D eigenvalue weighted by Crippen LogP contribution is -2.37. The summed E-state index contributed by atoms with van der Waals surface area (Å²) in [6, 6.07) is 8.34. The predicted octanol–water partition coefficient (Wildman–Crippen LogP) is 1.28. The minimum absolute atomic E-state index is 0.608. The van der Waals surface area contributed by atoms with Gasteiger partial charge in [0.2, 0.25) is 0 Å². The van der Waals surface area contributed by atoms with E-state index in [1.54, 1.807) is 0 Å². The second-order valence-corrected chi connectivity index (χ2v) is 4.64. The summed E-state index contributed by atoms with van der Waals surface area (Å²) >= 11 is 0. The van der Waals surface area contributed by atoms with E-state index < -0.39 is 0 Å². The molecule has 1 heterocycles. The van der Waals surface area contributed by atoms with Gasteiger partial charge in [-0.3, -0.25) is 4.90 Å². The summed E-state index contributed by atoms with van der Waals surface area (Å²) in [5.74, 6) is 0. The van der Waals surface area contributed by atoms with Gasteiger partial charge in [0.1, 0.15) is 0 Å². The van der Waals surface area contributed by atoms with Crippen LogP contribution in [0.4, 0.5) is 5.69 Å². The van der Waals surface area contributed by atoms with Crippen molar-refractivity contribution < 1.29 is 4.74 Å². The lowest BCUT2D eigenvalue weighted by atomic mass is 10.2. The molecule has 0 atom stereocenters. The number of nitrogens with one attached hydrogen (secondary N) is 1. The lowest BCUT2D eigenvalue weighted by Gasteiger charge is -2.26. The third kappa shape index (κ3) is 4.29. The summed E-state index contributed by atoms with van der Waals surface area (Å²) in [5.41, 5.74) is 7.92. The van der Waals surface area contributed by atoms with Gasteiger partial charge >= 0.3 is 0 Å². The van der Waals surface area contributed by atoms with E-state index in [-0.39, 0.29) is 0 Å². The van der Waals surface area contributed by atoms with Gasteiger partial charge in [0.05, 0.1) is 13.2 Å². The van der Waals surface area contributed by atoms with Crippen LogP contribution in [0, 0.1) is 0 Å². The minimum Gasteiger partial charge on any atom is -0.385 e. The minimum atomic E-state index is 0.608. The Morgan fingerprint density at radius 1 is 1.17 bits per heavy atom. The third-order valence-corrected chi connectivity index (χ3v) is 3.27. The molecular formula is C14H23N3O. The van der Waals surface area contributed by atoms with Crippen LogP contribution in [-0.2, 0) is 11.3 Å². The van der Waals surface area contributed by atoms with Gasteiger partial charge in [-0.1, -0.05) is 12.1 Å². The highest BCUT2D eigenvalue weighted by atomic mass is 16.5. The Morgan fingerprint density at radius 2 is 1.89 bits per heavy atom. The number of hydrogen-bond acceptors (Lipinski definition) is 4. The summed E-state index contributed by atoms with van der Waals surface area (Å²) in [7, 11) is 0. The van der Waals surface area contributed by atoms with Crippen LogP contribution in [-0.4, -0.2) is 44.3 Å². The Kier molecular flexibility index (Phi) is 5.45. The van der Waals surface area contributed by atoms with Crippen molar-refractivity contribution in [1.82, 2.24) is 4.90 Å². The first-order valence-electron chi connectivity index (χ1n) is 6.71. The Morgan fingerprint density at radius 3 is 2.56 bits per heavy atom. The van der Waals surface area contributed by atoms with E-state index in [0.29, 0.717) is 6.54 Å². The molecule has 0 spiro atoms. The molecule has 0 aromatic heterocycles. The number of ether oxygens (including phenoxy) is 1. The van der Waals surface area contributed by atoms with Gasteiger partial charge in [-0.15, -0.1) is 0 Å². The molecule has 1 fully saturated rings. The number of hydrogen-bond donors (Lipinski definition) is 2. The zero-order valence-electron chi connectivity index (χ0n) is 10.9. The number of rotatable bonds is 6. The molecule has 4 heteroatoms. The van der Waals surface area contributed by atoms with E-state index in [0.717, 1.165) is 39.4 Å². The topological polar surface area (TPSA) is 50.5 Å². The molecule has 0 aliphatic carbocycles. The van der Waals surface area contributed by atoms with Crippen molar-refractivity contribution in [3.63, 3.8) is 0 Å². The number of morpholine rings is 1. The first-order chi connectivity index (χ1) is 8.88. The van der Waals surface area contributed by atoms with Crippen molar-refractivity contribution in [2.24, 2.45) is 5.73 Å². The molecule has 1 aromatic carbocycles. The van der Waals surface area contributed by atoms with Crippen molar-refractivity contribution in [2.45, 2.75) is 13.0 Å². The van der Waals surface area contributed by atoms with Gasteiger partial charge in [-0.05, 0) is 30.7 Å². The molecule has 0 amide bonds. The summed E-state index contributed by atoms with van der Waals surface area (Å²) in [4.78, 5) is 2.46. The number of benzene rings is 1. The maximum atomic E-state index is 5.57. The van der Waals surface area contributed by atoms with Crippen molar-refractivity contribution in [3.8, 4) is 0 Å². The van der Waals surface area contributed by atoms with Crippen molar-refractivity contribution in [1.29, 1.82) is 0 Å². The Balaban J connectivity index is 1.62.